The number of aldehydes is 1. The van der Waals surface area contributed by atoms with E-state index in [1.54, 1.807) is 18.2 Å². The Labute approximate surface area is 115 Å². The average Bonchev–Trinajstić information content (AvgIpc) is 2.96. The first-order chi connectivity index (χ1) is 9.67. The van der Waals surface area contributed by atoms with Gasteiger partial charge in [-0.1, -0.05) is 0 Å². The molecule has 0 unspecified atom stereocenters. The fraction of sp³-hybridized carbons (Fsp3) is 0.143. The van der Waals surface area contributed by atoms with Gasteiger partial charge in [0, 0.05) is 17.8 Å². The lowest BCUT2D eigenvalue weighted by Gasteiger charge is -2.11. The highest BCUT2D eigenvalue weighted by Gasteiger charge is 2.12. The van der Waals surface area contributed by atoms with Crippen LogP contribution in [0, 0.1) is 0 Å². The molecule has 20 heavy (non-hydrogen) atoms. The van der Waals surface area contributed by atoms with Crippen molar-refractivity contribution in [1.82, 2.24) is 4.98 Å². The van der Waals surface area contributed by atoms with E-state index in [1.807, 2.05) is 0 Å². The van der Waals surface area contributed by atoms with Crippen molar-refractivity contribution in [1.29, 1.82) is 0 Å². The number of hydrogen-bond donors (Lipinski definition) is 2. The summed E-state index contributed by atoms with van der Waals surface area (Å²) in [5, 5.41) is 2.70. The number of aromatic amines is 1. The van der Waals surface area contributed by atoms with Crippen LogP contribution in [0.25, 0.3) is 0 Å². The van der Waals surface area contributed by atoms with Gasteiger partial charge in [0.1, 0.15) is 17.2 Å². The van der Waals surface area contributed by atoms with Gasteiger partial charge in [0.05, 0.1) is 19.9 Å². The summed E-state index contributed by atoms with van der Waals surface area (Å²) in [4.78, 5) is 25.4. The van der Waals surface area contributed by atoms with Crippen molar-refractivity contribution in [2.75, 3.05) is 19.5 Å². The molecule has 0 aliphatic rings. The second-order valence-corrected chi connectivity index (χ2v) is 3.98. The Morgan fingerprint density at radius 1 is 1.25 bits per heavy atom. The Balaban J connectivity index is 2.24. The van der Waals surface area contributed by atoms with Crippen LogP contribution in [0.1, 0.15) is 20.8 Å². The van der Waals surface area contributed by atoms with Crippen molar-refractivity contribution in [2.24, 2.45) is 0 Å². The molecule has 6 nitrogen and oxygen atoms in total. The molecule has 2 N–H and O–H groups in total. The van der Waals surface area contributed by atoms with E-state index in [0.717, 1.165) is 0 Å². The molecule has 0 atom stereocenters. The Morgan fingerprint density at radius 3 is 2.65 bits per heavy atom. The summed E-state index contributed by atoms with van der Waals surface area (Å²) in [5.74, 6) is 0.743. The van der Waals surface area contributed by atoms with Crippen LogP contribution in [-0.4, -0.2) is 31.4 Å². The van der Waals surface area contributed by atoms with Gasteiger partial charge in [-0.05, 0) is 18.2 Å². The number of benzene rings is 1. The molecule has 0 spiro atoms. The maximum atomic E-state index is 12.1. The van der Waals surface area contributed by atoms with E-state index in [4.69, 9.17) is 9.47 Å². The highest BCUT2D eigenvalue weighted by atomic mass is 16.5. The van der Waals surface area contributed by atoms with E-state index in [1.165, 1.54) is 26.5 Å². The molecule has 1 heterocycles. The number of carbonyl (C=O) groups excluding carboxylic acids is 2. The molecule has 0 fully saturated rings. The minimum Gasteiger partial charge on any atom is -0.497 e. The summed E-state index contributed by atoms with van der Waals surface area (Å²) in [6.45, 7) is 0. The maximum Gasteiger partial charge on any atom is 0.272 e. The van der Waals surface area contributed by atoms with Crippen molar-refractivity contribution < 1.29 is 19.1 Å². The first kappa shape index (κ1) is 13.7. The van der Waals surface area contributed by atoms with Crippen molar-refractivity contribution in [2.45, 2.75) is 0 Å². The van der Waals surface area contributed by atoms with E-state index in [-0.39, 0.29) is 11.6 Å². The molecule has 2 rings (SSSR count). The van der Waals surface area contributed by atoms with Crippen LogP contribution >= 0.6 is 0 Å². The quantitative estimate of drug-likeness (QED) is 0.818. The summed E-state index contributed by atoms with van der Waals surface area (Å²) >= 11 is 0. The fourth-order valence-electron chi connectivity index (χ4n) is 1.71. The first-order valence-electron chi connectivity index (χ1n) is 5.85. The molecule has 1 aromatic carbocycles. The molecule has 0 saturated carbocycles. The minimum absolute atomic E-state index is 0.289. The number of rotatable bonds is 5. The van der Waals surface area contributed by atoms with Crippen molar-refractivity contribution in [3.8, 4) is 11.5 Å². The lowest BCUT2D eigenvalue weighted by Crippen LogP contribution is -2.13. The fourth-order valence-corrected chi connectivity index (χ4v) is 1.71. The number of anilines is 1. The summed E-state index contributed by atoms with van der Waals surface area (Å²) in [6, 6.07) is 6.54. The number of nitrogens with one attached hydrogen (secondary N) is 2. The van der Waals surface area contributed by atoms with Gasteiger partial charge in [0.25, 0.3) is 5.91 Å². The molecular weight excluding hydrogens is 260 g/mol. The van der Waals surface area contributed by atoms with Gasteiger partial charge in [-0.2, -0.15) is 0 Å². The molecule has 1 aromatic heterocycles. The van der Waals surface area contributed by atoms with Crippen molar-refractivity contribution >= 4 is 17.9 Å². The van der Waals surface area contributed by atoms with E-state index in [9.17, 15) is 9.59 Å². The number of carbonyl (C=O) groups is 2. The van der Waals surface area contributed by atoms with Crippen LogP contribution in [0.3, 0.4) is 0 Å². The predicted molar refractivity (Wildman–Crippen MR) is 73.7 cm³/mol. The van der Waals surface area contributed by atoms with Crippen LogP contribution in [0.5, 0.6) is 11.5 Å². The van der Waals surface area contributed by atoms with Crippen LogP contribution in [0.2, 0.25) is 0 Å². The van der Waals surface area contributed by atoms with Gasteiger partial charge >= 0.3 is 0 Å². The summed E-state index contributed by atoms with van der Waals surface area (Å²) < 4.78 is 10.3. The van der Waals surface area contributed by atoms with Crippen LogP contribution < -0.4 is 14.8 Å². The topological polar surface area (TPSA) is 80.4 Å². The highest BCUT2D eigenvalue weighted by Crippen LogP contribution is 2.29. The number of ether oxygens (including phenoxy) is 2. The third-order valence-corrected chi connectivity index (χ3v) is 2.74. The lowest BCUT2D eigenvalue weighted by atomic mass is 10.2. The molecule has 2 aromatic rings. The Kier molecular flexibility index (Phi) is 4.05. The zero-order chi connectivity index (χ0) is 14.5. The Morgan fingerprint density at radius 2 is 2.05 bits per heavy atom. The van der Waals surface area contributed by atoms with Crippen molar-refractivity contribution in [3.63, 3.8) is 0 Å². The first-order valence-corrected chi connectivity index (χ1v) is 5.85. The smallest absolute Gasteiger partial charge is 0.272 e. The SMILES string of the molecule is COc1ccc(OC)c(NC(=O)c2cc(C=O)c[nH]2)c1. The second kappa shape index (κ2) is 5.92. The van der Waals surface area contributed by atoms with Crippen LogP contribution in [0.15, 0.2) is 30.5 Å². The van der Waals surface area contributed by atoms with E-state index in [0.29, 0.717) is 29.0 Å². The van der Waals surface area contributed by atoms with Crippen LogP contribution in [-0.2, 0) is 0 Å². The average molecular weight is 274 g/mol. The standard InChI is InChI=1S/C14H14N2O4/c1-19-10-3-4-13(20-2)11(6-10)16-14(18)12-5-9(8-17)7-15-12/h3-8,15H,1-2H3,(H,16,18). The molecule has 0 aliphatic carbocycles. The third kappa shape index (κ3) is 2.80. The Hall–Kier alpha value is -2.76. The van der Waals surface area contributed by atoms with Gasteiger partial charge in [-0.25, -0.2) is 0 Å². The predicted octanol–water partition coefficient (Wildman–Crippen LogP) is 2.10. The zero-order valence-corrected chi connectivity index (χ0v) is 11.1. The summed E-state index contributed by atoms with van der Waals surface area (Å²) in [6.07, 6.45) is 2.13. The number of methoxy groups -OCH3 is 2. The largest absolute Gasteiger partial charge is 0.497 e. The zero-order valence-electron chi connectivity index (χ0n) is 11.1. The van der Waals surface area contributed by atoms with Crippen LogP contribution in [0.4, 0.5) is 5.69 Å². The molecule has 6 heteroatoms. The highest BCUT2D eigenvalue weighted by molar-refractivity contribution is 6.04. The van der Waals surface area contributed by atoms with Gasteiger partial charge in [0.15, 0.2) is 6.29 Å². The van der Waals surface area contributed by atoms with E-state index in [2.05, 4.69) is 10.3 Å². The monoisotopic (exact) mass is 274 g/mol. The number of amides is 1. The van der Waals surface area contributed by atoms with E-state index >= 15 is 0 Å². The van der Waals surface area contributed by atoms with E-state index < -0.39 is 0 Å². The molecule has 1 amide bonds. The van der Waals surface area contributed by atoms with Gasteiger partial charge in [-0.3, -0.25) is 9.59 Å². The lowest BCUT2D eigenvalue weighted by molar-refractivity contribution is 0.102. The molecule has 0 aliphatic heterocycles. The molecule has 104 valence electrons. The van der Waals surface area contributed by atoms with Crippen molar-refractivity contribution in [3.05, 3.63) is 41.7 Å². The number of hydrogen-bond acceptors (Lipinski definition) is 4. The number of H-pyrrole nitrogens is 1. The third-order valence-electron chi connectivity index (χ3n) is 2.74. The maximum absolute atomic E-state index is 12.1. The normalized spacial score (nSPS) is 9.90. The second-order valence-electron chi connectivity index (χ2n) is 3.98. The number of aromatic nitrogens is 1. The Bertz CT molecular complexity index is 634. The molecule has 0 radical (unpaired) electrons. The van der Waals surface area contributed by atoms with Gasteiger partial charge in [0.2, 0.25) is 0 Å². The summed E-state index contributed by atoms with van der Waals surface area (Å²) in [5.41, 5.74) is 1.18. The van der Waals surface area contributed by atoms with Gasteiger partial charge < -0.3 is 19.8 Å². The summed E-state index contributed by atoms with van der Waals surface area (Å²) in [7, 11) is 3.05. The van der Waals surface area contributed by atoms with Gasteiger partial charge in [-0.15, -0.1) is 0 Å². The molecular formula is C14H14N2O4. The molecule has 0 saturated heterocycles. The minimum atomic E-state index is -0.371. The molecule has 0 bridgehead atoms.